The van der Waals surface area contributed by atoms with Gasteiger partial charge < -0.3 is 19.5 Å². The Morgan fingerprint density at radius 1 is 1.04 bits per heavy atom. The summed E-state index contributed by atoms with van der Waals surface area (Å²) in [4.78, 5) is 12.3. The minimum Gasteiger partial charge on any atom is -0.494 e. The van der Waals surface area contributed by atoms with Crippen molar-refractivity contribution in [3.8, 4) is 11.5 Å². The Morgan fingerprint density at radius 3 is 2.36 bits per heavy atom. The Hall–Kier alpha value is -2.74. The fourth-order valence-corrected chi connectivity index (χ4v) is 2.41. The number of nitrogens with one attached hydrogen (secondary N) is 1. The maximum absolute atomic E-state index is 13.0. The van der Waals surface area contributed by atoms with Crippen LogP contribution in [0.15, 0.2) is 42.5 Å². The molecule has 0 fully saturated rings. The number of rotatable bonds is 9. The van der Waals surface area contributed by atoms with Crippen LogP contribution in [-0.4, -0.2) is 32.8 Å². The number of anilines is 1. The first-order valence-corrected chi connectivity index (χ1v) is 8.68. The van der Waals surface area contributed by atoms with Crippen LogP contribution in [0.3, 0.4) is 0 Å². The molecule has 0 atom stereocenters. The molecule has 2 aromatic carbocycles. The highest BCUT2D eigenvalue weighted by Crippen LogP contribution is 2.35. The summed E-state index contributed by atoms with van der Waals surface area (Å²) >= 11 is 0. The lowest BCUT2D eigenvalue weighted by Gasteiger charge is -2.15. The summed E-state index contributed by atoms with van der Waals surface area (Å²) in [5.41, 5.74) is -0.209. The van der Waals surface area contributed by atoms with E-state index in [9.17, 15) is 18.0 Å². The van der Waals surface area contributed by atoms with Gasteiger partial charge in [-0.1, -0.05) is 12.1 Å². The summed E-state index contributed by atoms with van der Waals surface area (Å²) in [6.45, 7) is 2.80. The second-order valence-electron chi connectivity index (χ2n) is 5.85. The average molecular weight is 397 g/mol. The minimum atomic E-state index is -4.53. The quantitative estimate of drug-likeness (QED) is 0.641. The first-order valence-electron chi connectivity index (χ1n) is 8.68. The van der Waals surface area contributed by atoms with E-state index in [0.29, 0.717) is 17.9 Å². The first kappa shape index (κ1) is 21.6. The normalized spacial score (nSPS) is 11.2. The molecule has 0 aromatic heterocycles. The highest BCUT2D eigenvalue weighted by Gasteiger charge is 2.31. The molecule has 0 radical (unpaired) electrons. The van der Waals surface area contributed by atoms with Crippen molar-refractivity contribution in [2.24, 2.45) is 0 Å². The van der Waals surface area contributed by atoms with E-state index < -0.39 is 17.6 Å². The molecule has 0 aliphatic rings. The number of carbonyl (C=O) groups excluding carboxylic acids is 1. The molecular formula is C20H22F3NO4. The van der Waals surface area contributed by atoms with Crippen LogP contribution < -0.4 is 14.8 Å². The molecule has 0 heterocycles. The van der Waals surface area contributed by atoms with Gasteiger partial charge in [-0.25, -0.2) is 0 Å². The second kappa shape index (κ2) is 9.98. The maximum Gasteiger partial charge on any atom is 0.416 e. The lowest BCUT2D eigenvalue weighted by atomic mass is 10.1. The molecule has 1 N–H and O–H groups in total. The highest BCUT2D eigenvalue weighted by molar-refractivity contribution is 5.93. The monoisotopic (exact) mass is 397 g/mol. The van der Waals surface area contributed by atoms with Crippen molar-refractivity contribution < 1.29 is 32.2 Å². The van der Waals surface area contributed by atoms with Crippen LogP contribution in [0, 0.1) is 0 Å². The van der Waals surface area contributed by atoms with Gasteiger partial charge in [0.05, 0.1) is 30.9 Å². The average Bonchev–Trinajstić information content (AvgIpc) is 2.64. The standard InChI is InChI=1S/C20H22F3NO4/c1-3-27-16-7-4-14(5-8-16)12-19(25)24-17-13-15(20(21,22)23)6-9-18(17)28-11-10-26-2/h4-9,13H,3,10-12H2,1-2H3,(H,24,25). The van der Waals surface area contributed by atoms with Gasteiger partial charge in [0, 0.05) is 7.11 Å². The van der Waals surface area contributed by atoms with Gasteiger partial charge in [-0.2, -0.15) is 13.2 Å². The second-order valence-corrected chi connectivity index (χ2v) is 5.85. The first-order chi connectivity index (χ1) is 13.3. The molecule has 0 saturated carbocycles. The molecule has 0 aliphatic heterocycles. The van der Waals surface area contributed by atoms with Crippen LogP contribution in [0.25, 0.3) is 0 Å². The molecule has 2 rings (SSSR count). The van der Waals surface area contributed by atoms with Crippen LogP contribution in [0.2, 0.25) is 0 Å². The maximum atomic E-state index is 13.0. The fourth-order valence-electron chi connectivity index (χ4n) is 2.41. The van der Waals surface area contributed by atoms with Gasteiger partial charge in [-0.05, 0) is 42.8 Å². The van der Waals surface area contributed by atoms with Gasteiger partial charge in [0.15, 0.2) is 0 Å². The van der Waals surface area contributed by atoms with Crippen molar-refractivity contribution >= 4 is 11.6 Å². The smallest absolute Gasteiger partial charge is 0.416 e. The van der Waals surface area contributed by atoms with Crippen molar-refractivity contribution in [3.05, 3.63) is 53.6 Å². The number of halogens is 3. The number of methoxy groups -OCH3 is 1. The zero-order chi connectivity index (χ0) is 20.6. The third-order valence-corrected chi connectivity index (χ3v) is 3.73. The molecule has 0 aliphatic carbocycles. The zero-order valence-corrected chi connectivity index (χ0v) is 15.6. The van der Waals surface area contributed by atoms with E-state index in [1.165, 1.54) is 13.2 Å². The predicted molar refractivity (Wildman–Crippen MR) is 98.8 cm³/mol. The van der Waals surface area contributed by atoms with Crippen molar-refractivity contribution in [2.75, 3.05) is 32.2 Å². The largest absolute Gasteiger partial charge is 0.494 e. The van der Waals surface area contributed by atoms with Crippen molar-refractivity contribution in [2.45, 2.75) is 19.5 Å². The molecule has 0 saturated heterocycles. The summed E-state index contributed by atoms with van der Waals surface area (Å²) in [6, 6.07) is 9.87. The molecule has 2 aromatic rings. The summed E-state index contributed by atoms with van der Waals surface area (Å²) in [6.07, 6.45) is -4.53. The molecule has 0 bridgehead atoms. The van der Waals surface area contributed by atoms with Gasteiger partial charge >= 0.3 is 6.18 Å². The van der Waals surface area contributed by atoms with Crippen LogP contribution in [0.5, 0.6) is 11.5 Å². The zero-order valence-electron chi connectivity index (χ0n) is 15.6. The van der Waals surface area contributed by atoms with E-state index in [1.54, 1.807) is 24.3 Å². The molecule has 1 amide bonds. The van der Waals surface area contributed by atoms with Gasteiger partial charge in [0.2, 0.25) is 5.91 Å². The Kier molecular flexibility index (Phi) is 7.69. The van der Waals surface area contributed by atoms with E-state index in [0.717, 1.165) is 12.1 Å². The Labute approximate surface area is 161 Å². The number of alkyl halides is 3. The summed E-state index contributed by atoms with van der Waals surface area (Å²) in [5, 5.41) is 2.50. The van der Waals surface area contributed by atoms with Gasteiger partial charge in [-0.15, -0.1) is 0 Å². The van der Waals surface area contributed by atoms with Gasteiger partial charge in [0.25, 0.3) is 0 Å². The number of carbonyl (C=O) groups is 1. The topological polar surface area (TPSA) is 56.8 Å². The lowest BCUT2D eigenvalue weighted by Crippen LogP contribution is -2.17. The van der Waals surface area contributed by atoms with Crippen molar-refractivity contribution in [3.63, 3.8) is 0 Å². The molecule has 0 unspecified atom stereocenters. The van der Waals surface area contributed by atoms with E-state index in [4.69, 9.17) is 14.2 Å². The van der Waals surface area contributed by atoms with E-state index in [-0.39, 0.29) is 31.1 Å². The molecule has 5 nitrogen and oxygen atoms in total. The number of benzene rings is 2. The molecule has 28 heavy (non-hydrogen) atoms. The number of hydrogen-bond acceptors (Lipinski definition) is 4. The summed E-state index contributed by atoms with van der Waals surface area (Å²) in [5.74, 6) is 0.364. The minimum absolute atomic E-state index is 0.000160. The van der Waals surface area contributed by atoms with E-state index >= 15 is 0 Å². The van der Waals surface area contributed by atoms with E-state index in [2.05, 4.69) is 5.32 Å². The molecule has 0 spiro atoms. The SMILES string of the molecule is CCOc1ccc(CC(=O)Nc2cc(C(F)(F)F)ccc2OCCOC)cc1. The summed E-state index contributed by atoms with van der Waals surface area (Å²) < 4.78 is 54.6. The fraction of sp³-hybridized carbons (Fsp3) is 0.350. The van der Waals surface area contributed by atoms with Gasteiger partial charge in [-0.3, -0.25) is 4.79 Å². The predicted octanol–water partition coefficient (Wildman–Crippen LogP) is 4.31. The molecule has 152 valence electrons. The Bertz CT molecular complexity index is 776. The van der Waals surface area contributed by atoms with Crippen LogP contribution in [0.1, 0.15) is 18.1 Å². The van der Waals surface area contributed by atoms with Crippen LogP contribution >= 0.6 is 0 Å². The summed E-state index contributed by atoms with van der Waals surface area (Å²) in [7, 11) is 1.48. The van der Waals surface area contributed by atoms with Crippen molar-refractivity contribution in [1.29, 1.82) is 0 Å². The van der Waals surface area contributed by atoms with Crippen molar-refractivity contribution in [1.82, 2.24) is 0 Å². The number of ether oxygens (including phenoxy) is 3. The number of hydrogen-bond donors (Lipinski definition) is 1. The lowest BCUT2D eigenvalue weighted by molar-refractivity contribution is -0.137. The highest BCUT2D eigenvalue weighted by atomic mass is 19.4. The third-order valence-electron chi connectivity index (χ3n) is 3.73. The van der Waals surface area contributed by atoms with Crippen LogP contribution in [0.4, 0.5) is 18.9 Å². The third kappa shape index (κ3) is 6.45. The van der Waals surface area contributed by atoms with Gasteiger partial charge in [0.1, 0.15) is 18.1 Å². The Balaban J connectivity index is 2.13. The van der Waals surface area contributed by atoms with E-state index in [1.807, 2.05) is 6.92 Å². The molecule has 8 heteroatoms. The Morgan fingerprint density at radius 2 is 1.75 bits per heavy atom. The molecular weight excluding hydrogens is 375 g/mol. The number of amides is 1. The van der Waals surface area contributed by atoms with Crippen LogP contribution in [-0.2, 0) is 22.1 Å².